The number of nitrogens with zero attached hydrogens (tertiary/aromatic N) is 3. The third-order valence-electron chi connectivity index (χ3n) is 3.55. The molecule has 1 aliphatic heterocycles. The fourth-order valence-electron chi connectivity index (χ4n) is 2.50. The summed E-state index contributed by atoms with van der Waals surface area (Å²) in [5.41, 5.74) is 0.488. The van der Waals surface area contributed by atoms with Gasteiger partial charge in [-0.25, -0.2) is 9.97 Å². The van der Waals surface area contributed by atoms with Crippen LogP contribution in [0.5, 0.6) is 0 Å². The van der Waals surface area contributed by atoms with Gasteiger partial charge in [0.25, 0.3) is 5.95 Å². The number of hydrogen-bond acceptors (Lipinski definition) is 3. The zero-order valence-electron chi connectivity index (χ0n) is 8.62. The number of hydrogen-bond donors (Lipinski definition) is 0. The van der Waals surface area contributed by atoms with E-state index in [1.54, 1.807) is 6.20 Å². The number of halogens is 1. The molecule has 15 heavy (non-hydrogen) atoms. The van der Waals surface area contributed by atoms with E-state index >= 15 is 0 Å². The highest BCUT2D eigenvalue weighted by molar-refractivity contribution is 5.38. The SMILES string of the molecule is Fc1nccnc1N1CCCC2(CC2)C1. The molecule has 0 aromatic carbocycles. The molecule has 0 unspecified atom stereocenters. The van der Waals surface area contributed by atoms with Gasteiger partial charge >= 0.3 is 0 Å². The molecule has 2 aliphatic rings. The van der Waals surface area contributed by atoms with Crippen molar-refractivity contribution in [3.8, 4) is 0 Å². The summed E-state index contributed by atoms with van der Waals surface area (Å²) in [6, 6.07) is 0. The van der Waals surface area contributed by atoms with Gasteiger partial charge in [-0.05, 0) is 31.1 Å². The Balaban J connectivity index is 1.84. The summed E-state index contributed by atoms with van der Waals surface area (Å²) in [6.07, 6.45) is 8.00. The molecule has 4 heteroatoms. The third kappa shape index (κ3) is 1.58. The minimum atomic E-state index is -0.435. The summed E-state index contributed by atoms with van der Waals surface area (Å²) in [4.78, 5) is 9.79. The Hall–Kier alpha value is -1.19. The van der Waals surface area contributed by atoms with Crippen LogP contribution in [0.25, 0.3) is 0 Å². The summed E-state index contributed by atoms with van der Waals surface area (Å²) in [5, 5.41) is 0. The van der Waals surface area contributed by atoms with Crippen molar-refractivity contribution in [2.45, 2.75) is 25.7 Å². The van der Waals surface area contributed by atoms with Crippen LogP contribution in [0.2, 0.25) is 0 Å². The largest absolute Gasteiger partial charge is 0.352 e. The number of piperidine rings is 1. The van der Waals surface area contributed by atoms with E-state index in [-0.39, 0.29) is 0 Å². The molecule has 3 rings (SSSR count). The van der Waals surface area contributed by atoms with Crippen molar-refractivity contribution in [3.05, 3.63) is 18.3 Å². The van der Waals surface area contributed by atoms with Gasteiger partial charge < -0.3 is 4.90 Å². The molecule has 0 radical (unpaired) electrons. The Morgan fingerprint density at radius 1 is 1.20 bits per heavy atom. The fraction of sp³-hybridized carbons (Fsp3) is 0.636. The van der Waals surface area contributed by atoms with Crippen LogP contribution in [0.1, 0.15) is 25.7 Å². The van der Waals surface area contributed by atoms with E-state index in [1.807, 2.05) is 0 Å². The van der Waals surface area contributed by atoms with Crippen LogP contribution in [-0.4, -0.2) is 23.1 Å². The molecule has 2 fully saturated rings. The van der Waals surface area contributed by atoms with Crippen molar-refractivity contribution in [2.75, 3.05) is 18.0 Å². The van der Waals surface area contributed by atoms with Gasteiger partial charge in [-0.15, -0.1) is 0 Å². The third-order valence-corrected chi connectivity index (χ3v) is 3.55. The molecule has 2 heterocycles. The summed E-state index contributed by atoms with van der Waals surface area (Å²) in [6.45, 7) is 1.87. The molecular weight excluding hydrogens is 193 g/mol. The summed E-state index contributed by atoms with van der Waals surface area (Å²) < 4.78 is 13.4. The van der Waals surface area contributed by atoms with Gasteiger partial charge in [-0.3, -0.25) is 0 Å². The van der Waals surface area contributed by atoms with Crippen LogP contribution in [0, 0.1) is 11.4 Å². The quantitative estimate of drug-likeness (QED) is 0.705. The Kier molecular flexibility index (Phi) is 1.90. The maximum absolute atomic E-state index is 13.4. The normalized spacial score (nSPS) is 23.1. The lowest BCUT2D eigenvalue weighted by atomic mass is 9.95. The zero-order chi connectivity index (χ0) is 10.3. The van der Waals surface area contributed by atoms with Crippen LogP contribution in [0.4, 0.5) is 10.2 Å². The molecule has 1 saturated carbocycles. The van der Waals surface area contributed by atoms with Gasteiger partial charge in [0.1, 0.15) is 0 Å². The van der Waals surface area contributed by atoms with Gasteiger partial charge in [0.15, 0.2) is 5.82 Å². The van der Waals surface area contributed by atoms with Gasteiger partial charge in [0.05, 0.1) is 0 Å². The summed E-state index contributed by atoms with van der Waals surface area (Å²) in [7, 11) is 0. The molecule has 3 nitrogen and oxygen atoms in total. The molecule has 1 aliphatic carbocycles. The smallest absolute Gasteiger partial charge is 0.255 e. The van der Waals surface area contributed by atoms with E-state index in [1.165, 1.54) is 25.5 Å². The van der Waals surface area contributed by atoms with Crippen molar-refractivity contribution in [2.24, 2.45) is 5.41 Å². The lowest BCUT2D eigenvalue weighted by Gasteiger charge is -2.33. The second-order valence-electron chi connectivity index (χ2n) is 4.70. The molecule has 1 aromatic heterocycles. The molecule has 1 aromatic rings. The Labute approximate surface area is 88.3 Å². The topological polar surface area (TPSA) is 29.0 Å². The first-order valence-corrected chi connectivity index (χ1v) is 5.51. The minimum Gasteiger partial charge on any atom is -0.352 e. The van der Waals surface area contributed by atoms with Gasteiger partial charge in [0.2, 0.25) is 0 Å². The maximum Gasteiger partial charge on any atom is 0.255 e. The zero-order valence-corrected chi connectivity index (χ0v) is 8.62. The Morgan fingerprint density at radius 3 is 2.73 bits per heavy atom. The predicted octanol–water partition coefficient (Wildman–Crippen LogP) is 2.00. The molecular formula is C11H14FN3. The maximum atomic E-state index is 13.4. The number of anilines is 1. The average Bonchev–Trinajstić information content (AvgIpc) is 2.98. The molecule has 0 atom stereocenters. The van der Waals surface area contributed by atoms with Crippen molar-refractivity contribution < 1.29 is 4.39 Å². The first-order chi connectivity index (χ1) is 7.29. The van der Waals surface area contributed by atoms with E-state index in [0.717, 1.165) is 19.5 Å². The van der Waals surface area contributed by atoms with E-state index < -0.39 is 5.95 Å². The second kappa shape index (κ2) is 3.15. The van der Waals surface area contributed by atoms with Gasteiger partial charge in [-0.2, -0.15) is 4.39 Å². The predicted molar refractivity (Wildman–Crippen MR) is 55.1 cm³/mol. The number of aromatic nitrogens is 2. The lowest BCUT2D eigenvalue weighted by molar-refractivity contribution is 0.388. The van der Waals surface area contributed by atoms with E-state index in [9.17, 15) is 4.39 Å². The average molecular weight is 207 g/mol. The fourth-order valence-corrected chi connectivity index (χ4v) is 2.50. The summed E-state index contributed by atoms with van der Waals surface area (Å²) >= 11 is 0. The van der Waals surface area contributed by atoms with Crippen molar-refractivity contribution in [1.82, 2.24) is 9.97 Å². The summed E-state index contributed by atoms with van der Waals surface area (Å²) in [5.74, 6) is -0.00123. The highest BCUT2D eigenvalue weighted by atomic mass is 19.1. The number of rotatable bonds is 1. The lowest BCUT2D eigenvalue weighted by Crippen LogP contribution is -2.37. The van der Waals surface area contributed by atoms with Crippen molar-refractivity contribution in [3.63, 3.8) is 0 Å². The van der Waals surface area contributed by atoms with E-state index in [2.05, 4.69) is 14.9 Å². The van der Waals surface area contributed by atoms with E-state index in [4.69, 9.17) is 0 Å². The van der Waals surface area contributed by atoms with Gasteiger partial charge in [0, 0.05) is 25.5 Å². The molecule has 0 amide bonds. The van der Waals surface area contributed by atoms with Crippen LogP contribution in [0.15, 0.2) is 12.4 Å². The standard InChI is InChI=1S/C11H14FN3/c12-9-10(14-6-5-13-9)15-7-1-2-11(8-15)3-4-11/h5-6H,1-4,7-8H2. The molecule has 80 valence electrons. The van der Waals surface area contributed by atoms with E-state index in [0.29, 0.717) is 11.2 Å². The first kappa shape index (κ1) is 9.07. The highest BCUT2D eigenvalue weighted by Crippen LogP contribution is 2.52. The Bertz CT molecular complexity index is 376. The van der Waals surface area contributed by atoms with Crippen molar-refractivity contribution in [1.29, 1.82) is 0 Å². The van der Waals surface area contributed by atoms with Gasteiger partial charge in [-0.1, -0.05) is 0 Å². The molecule has 1 spiro atoms. The van der Waals surface area contributed by atoms with Crippen LogP contribution >= 0.6 is 0 Å². The molecule has 1 saturated heterocycles. The van der Waals surface area contributed by atoms with Crippen LogP contribution in [0.3, 0.4) is 0 Å². The Morgan fingerprint density at radius 2 is 2.00 bits per heavy atom. The second-order valence-corrected chi connectivity index (χ2v) is 4.70. The van der Waals surface area contributed by atoms with Crippen LogP contribution < -0.4 is 4.90 Å². The molecule has 0 bridgehead atoms. The monoisotopic (exact) mass is 207 g/mol. The van der Waals surface area contributed by atoms with Crippen molar-refractivity contribution >= 4 is 5.82 Å². The first-order valence-electron chi connectivity index (χ1n) is 5.51. The highest BCUT2D eigenvalue weighted by Gasteiger charge is 2.45. The van der Waals surface area contributed by atoms with Crippen LogP contribution in [-0.2, 0) is 0 Å². The minimum absolute atomic E-state index is 0.434. The molecule has 0 N–H and O–H groups in total.